The van der Waals surface area contributed by atoms with Gasteiger partial charge in [0.25, 0.3) is 5.69 Å². The summed E-state index contributed by atoms with van der Waals surface area (Å²) in [6.45, 7) is 2.37. The summed E-state index contributed by atoms with van der Waals surface area (Å²) in [5.74, 6) is -2.26. The molecule has 1 heterocycles. The Kier molecular flexibility index (Phi) is 6.12. The third kappa shape index (κ3) is 5.11. The molecule has 1 aliphatic heterocycles. The number of nitro benzene ring substituents is 1. The second-order valence-corrected chi connectivity index (χ2v) is 6.56. The van der Waals surface area contributed by atoms with Gasteiger partial charge in [-0.3, -0.25) is 19.7 Å². The Bertz CT molecular complexity index is 1190. The SMILES string of the molecule is CC(=O)Oc1ccc(C=C2N=C(c3cc([N+](=O)[O-])ccc3Cl)OC2=O)cc1OC(C)=O. The van der Waals surface area contributed by atoms with Crippen LogP contribution in [0.1, 0.15) is 25.0 Å². The predicted octanol–water partition coefficient (Wildman–Crippen LogP) is 3.44. The van der Waals surface area contributed by atoms with Crippen LogP contribution in [-0.4, -0.2) is 28.7 Å². The van der Waals surface area contributed by atoms with E-state index in [1.807, 2.05) is 0 Å². The van der Waals surface area contributed by atoms with E-state index in [0.29, 0.717) is 5.56 Å². The van der Waals surface area contributed by atoms with Crippen LogP contribution in [0, 0.1) is 10.1 Å². The first-order chi connectivity index (χ1) is 14.6. The zero-order valence-corrected chi connectivity index (χ0v) is 16.8. The molecule has 0 spiro atoms. The maximum atomic E-state index is 12.2. The number of aliphatic imine (C=N–C) groups is 1. The van der Waals surface area contributed by atoms with Crippen molar-refractivity contribution in [3.63, 3.8) is 0 Å². The number of esters is 3. The van der Waals surface area contributed by atoms with Gasteiger partial charge in [0.05, 0.1) is 15.5 Å². The number of halogens is 1. The number of cyclic esters (lactones) is 1. The minimum absolute atomic E-state index is 0.0198. The van der Waals surface area contributed by atoms with Crippen molar-refractivity contribution in [2.24, 2.45) is 4.99 Å². The summed E-state index contributed by atoms with van der Waals surface area (Å²) in [6.07, 6.45) is 1.34. The standard InChI is InChI=1S/C20H13ClN2O8/c1-10(24)29-17-6-3-12(8-18(17)30-11(2)25)7-16-20(26)31-19(22-16)14-9-13(23(27)28)4-5-15(14)21/h3-9H,1-2H3. The van der Waals surface area contributed by atoms with Crippen molar-refractivity contribution in [2.45, 2.75) is 13.8 Å². The van der Waals surface area contributed by atoms with Crippen LogP contribution in [-0.2, 0) is 19.1 Å². The van der Waals surface area contributed by atoms with Gasteiger partial charge in [0.15, 0.2) is 17.2 Å². The number of rotatable bonds is 5. The van der Waals surface area contributed by atoms with Gasteiger partial charge < -0.3 is 14.2 Å². The van der Waals surface area contributed by atoms with Crippen molar-refractivity contribution in [3.05, 3.63) is 68.4 Å². The summed E-state index contributed by atoms with van der Waals surface area (Å²) in [6, 6.07) is 7.90. The zero-order chi connectivity index (χ0) is 22.7. The number of hydrogen-bond donors (Lipinski definition) is 0. The highest BCUT2D eigenvalue weighted by atomic mass is 35.5. The molecule has 0 amide bonds. The average Bonchev–Trinajstić information content (AvgIpc) is 3.03. The molecule has 0 N–H and O–H groups in total. The molecule has 2 aromatic rings. The molecule has 0 bridgehead atoms. The number of hydrogen-bond acceptors (Lipinski definition) is 9. The van der Waals surface area contributed by atoms with E-state index < -0.39 is 22.8 Å². The van der Waals surface area contributed by atoms with E-state index in [0.717, 1.165) is 6.07 Å². The molecular formula is C20H13ClN2O8. The molecule has 10 nitrogen and oxygen atoms in total. The van der Waals surface area contributed by atoms with Gasteiger partial charge in [-0.15, -0.1) is 0 Å². The number of non-ortho nitro benzene ring substituents is 1. The summed E-state index contributed by atoms with van der Waals surface area (Å²) in [7, 11) is 0. The van der Waals surface area contributed by atoms with Crippen molar-refractivity contribution in [1.82, 2.24) is 0 Å². The number of ether oxygens (including phenoxy) is 3. The van der Waals surface area contributed by atoms with E-state index in [9.17, 15) is 24.5 Å². The smallest absolute Gasteiger partial charge is 0.363 e. The molecule has 0 fully saturated rings. The van der Waals surface area contributed by atoms with Crippen LogP contribution in [0.5, 0.6) is 11.5 Å². The Hall–Kier alpha value is -4.05. The lowest BCUT2D eigenvalue weighted by atomic mass is 10.1. The highest BCUT2D eigenvalue weighted by Gasteiger charge is 2.27. The summed E-state index contributed by atoms with van der Waals surface area (Å²) >= 11 is 6.06. The van der Waals surface area contributed by atoms with Gasteiger partial charge in [0, 0.05) is 26.0 Å². The molecule has 0 aromatic heterocycles. The fourth-order valence-corrected chi connectivity index (χ4v) is 2.76. The van der Waals surface area contributed by atoms with Crippen LogP contribution in [0.4, 0.5) is 5.69 Å². The van der Waals surface area contributed by atoms with Gasteiger partial charge >= 0.3 is 17.9 Å². The maximum Gasteiger partial charge on any atom is 0.363 e. The van der Waals surface area contributed by atoms with Gasteiger partial charge in [-0.2, -0.15) is 0 Å². The normalized spacial score (nSPS) is 14.1. The third-order valence-corrected chi connectivity index (χ3v) is 4.12. The van der Waals surface area contributed by atoms with Crippen LogP contribution in [0.3, 0.4) is 0 Å². The fraction of sp³-hybridized carbons (Fsp3) is 0.100. The Balaban J connectivity index is 1.98. The first kappa shape index (κ1) is 21.7. The Morgan fingerprint density at radius 2 is 1.77 bits per heavy atom. The molecular weight excluding hydrogens is 432 g/mol. The Morgan fingerprint density at radius 1 is 1.10 bits per heavy atom. The van der Waals surface area contributed by atoms with Crippen molar-refractivity contribution in [1.29, 1.82) is 0 Å². The third-order valence-electron chi connectivity index (χ3n) is 3.79. The first-order valence-corrected chi connectivity index (χ1v) is 8.99. The molecule has 11 heteroatoms. The Morgan fingerprint density at radius 3 is 2.42 bits per heavy atom. The van der Waals surface area contributed by atoms with Gasteiger partial charge in [-0.25, -0.2) is 9.79 Å². The highest BCUT2D eigenvalue weighted by molar-refractivity contribution is 6.34. The highest BCUT2D eigenvalue weighted by Crippen LogP contribution is 2.31. The van der Waals surface area contributed by atoms with Crippen LogP contribution in [0.2, 0.25) is 5.02 Å². The van der Waals surface area contributed by atoms with Crippen molar-refractivity contribution in [3.8, 4) is 11.5 Å². The number of carbonyl (C=O) groups is 3. The van der Waals surface area contributed by atoms with E-state index in [-0.39, 0.29) is 39.4 Å². The van der Waals surface area contributed by atoms with E-state index in [4.69, 9.17) is 25.8 Å². The molecule has 0 atom stereocenters. The maximum absolute atomic E-state index is 12.2. The molecule has 0 saturated heterocycles. The summed E-state index contributed by atoms with van der Waals surface area (Å²) in [4.78, 5) is 49.2. The van der Waals surface area contributed by atoms with Gasteiger partial charge in [-0.05, 0) is 29.8 Å². The van der Waals surface area contributed by atoms with Crippen molar-refractivity contribution in [2.75, 3.05) is 0 Å². The number of nitro groups is 1. The zero-order valence-electron chi connectivity index (χ0n) is 16.1. The quantitative estimate of drug-likeness (QED) is 0.225. The molecule has 2 aromatic carbocycles. The van der Waals surface area contributed by atoms with Crippen LogP contribution in [0.15, 0.2) is 47.1 Å². The molecule has 0 aliphatic carbocycles. The summed E-state index contributed by atoms with van der Waals surface area (Å²) < 4.78 is 15.1. The second-order valence-electron chi connectivity index (χ2n) is 6.15. The number of benzene rings is 2. The van der Waals surface area contributed by atoms with Gasteiger partial charge in [-0.1, -0.05) is 17.7 Å². The van der Waals surface area contributed by atoms with Crippen molar-refractivity contribution < 1.29 is 33.5 Å². The van der Waals surface area contributed by atoms with E-state index in [1.165, 1.54) is 50.3 Å². The summed E-state index contributed by atoms with van der Waals surface area (Å²) in [5.41, 5.74) is 0.0990. The minimum atomic E-state index is -0.810. The van der Waals surface area contributed by atoms with Crippen LogP contribution in [0.25, 0.3) is 6.08 Å². The largest absolute Gasteiger partial charge is 0.423 e. The number of carbonyl (C=O) groups excluding carboxylic acids is 3. The first-order valence-electron chi connectivity index (χ1n) is 8.62. The monoisotopic (exact) mass is 444 g/mol. The lowest BCUT2D eigenvalue weighted by molar-refractivity contribution is -0.384. The fourth-order valence-electron chi connectivity index (χ4n) is 2.56. The minimum Gasteiger partial charge on any atom is -0.423 e. The Labute approximate surface area is 179 Å². The van der Waals surface area contributed by atoms with Crippen LogP contribution >= 0.6 is 11.6 Å². The van der Waals surface area contributed by atoms with E-state index in [2.05, 4.69) is 4.99 Å². The van der Waals surface area contributed by atoms with Gasteiger partial charge in [0.1, 0.15) is 0 Å². The molecule has 1 aliphatic rings. The molecule has 0 saturated carbocycles. The second kappa shape index (κ2) is 8.76. The van der Waals surface area contributed by atoms with E-state index in [1.54, 1.807) is 0 Å². The lowest BCUT2D eigenvalue weighted by Crippen LogP contribution is -2.07. The topological polar surface area (TPSA) is 134 Å². The molecule has 3 rings (SSSR count). The molecule has 31 heavy (non-hydrogen) atoms. The number of nitrogens with zero attached hydrogens (tertiary/aromatic N) is 2. The summed E-state index contributed by atoms with van der Waals surface area (Å²) in [5, 5.41) is 11.1. The van der Waals surface area contributed by atoms with Crippen molar-refractivity contribution >= 4 is 47.2 Å². The van der Waals surface area contributed by atoms with Gasteiger partial charge in [0.2, 0.25) is 5.90 Å². The predicted molar refractivity (Wildman–Crippen MR) is 108 cm³/mol. The molecule has 0 radical (unpaired) electrons. The molecule has 158 valence electrons. The molecule has 0 unspecified atom stereocenters. The van der Waals surface area contributed by atoms with E-state index >= 15 is 0 Å². The van der Waals surface area contributed by atoms with Crippen LogP contribution < -0.4 is 9.47 Å². The average molecular weight is 445 g/mol. The lowest BCUT2D eigenvalue weighted by Gasteiger charge is -2.09.